The van der Waals surface area contributed by atoms with Crippen LogP contribution in [0.25, 0.3) is 0 Å². The average Bonchev–Trinajstić information content (AvgIpc) is 3.12. The zero-order valence-electron chi connectivity index (χ0n) is 12.4. The number of aryl methyl sites for hydroxylation is 2. The summed E-state index contributed by atoms with van der Waals surface area (Å²) in [6, 6.07) is 7.79. The minimum absolute atomic E-state index is 0.863. The minimum atomic E-state index is 0.863. The smallest absolute Gasteiger partial charge is 0.00683 e. The normalized spacial score (nSPS) is 26.8. The SMILES string of the molecule is Cc1ccc(C)c(CC2CCCC2CNC2CC2)c1. The maximum absolute atomic E-state index is 3.74. The maximum atomic E-state index is 3.74. The fraction of sp³-hybridized carbons (Fsp3) is 0.667. The molecule has 19 heavy (non-hydrogen) atoms. The Morgan fingerprint density at radius 2 is 1.84 bits per heavy atom. The van der Waals surface area contributed by atoms with Crippen LogP contribution in [0.1, 0.15) is 48.8 Å². The van der Waals surface area contributed by atoms with Crippen molar-refractivity contribution in [3.05, 3.63) is 34.9 Å². The van der Waals surface area contributed by atoms with Gasteiger partial charge in [0, 0.05) is 6.04 Å². The predicted octanol–water partition coefficient (Wildman–Crippen LogP) is 4.01. The highest BCUT2D eigenvalue weighted by atomic mass is 14.9. The summed E-state index contributed by atoms with van der Waals surface area (Å²) in [4.78, 5) is 0. The van der Waals surface area contributed by atoms with Crippen LogP contribution in [0, 0.1) is 25.7 Å². The molecule has 0 bridgehead atoms. The number of benzene rings is 1. The molecule has 2 saturated carbocycles. The molecule has 2 unspecified atom stereocenters. The van der Waals surface area contributed by atoms with Gasteiger partial charge in [-0.1, -0.05) is 30.2 Å². The molecule has 1 N–H and O–H groups in total. The molecule has 2 atom stereocenters. The van der Waals surface area contributed by atoms with Crippen LogP contribution in [0.5, 0.6) is 0 Å². The Hall–Kier alpha value is -0.820. The zero-order valence-corrected chi connectivity index (χ0v) is 12.4. The van der Waals surface area contributed by atoms with Gasteiger partial charge in [-0.3, -0.25) is 0 Å². The molecule has 3 rings (SSSR count). The van der Waals surface area contributed by atoms with Crippen LogP contribution < -0.4 is 5.32 Å². The van der Waals surface area contributed by atoms with Crippen molar-refractivity contribution in [1.29, 1.82) is 0 Å². The monoisotopic (exact) mass is 257 g/mol. The Morgan fingerprint density at radius 1 is 1.05 bits per heavy atom. The van der Waals surface area contributed by atoms with Gasteiger partial charge in [-0.05, 0) is 75.5 Å². The van der Waals surface area contributed by atoms with E-state index in [-0.39, 0.29) is 0 Å². The second kappa shape index (κ2) is 5.66. The predicted molar refractivity (Wildman–Crippen MR) is 81.5 cm³/mol. The van der Waals surface area contributed by atoms with Gasteiger partial charge < -0.3 is 5.32 Å². The minimum Gasteiger partial charge on any atom is -0.314 e. The second-order valence-electron chi connectivity index (χ2n) is 6.77. The Bertz CT molecular complexity index is 433. The molecule has 1 aromatic carbocycles. The summed E-state index contributed by atoms with van der Waals surface area (Å²) >= 11 is 0. The summed E-state index contributed by atoms with van der Waals surface area (Å²) in [5.74, 6) is 1.83. The van der Waals surface area contributed by atoms with Crippen LogP contribution >= 0.6 is 0 Å². The van der Waals surface area contributed by atoms with Gasteiger partial charge in [0.1, 0.15) is 0 Å². The van der Waals surface area contributed by atoms with Gasteiger partial charge >= 0.3 is 0 Å². The van der Waals surface area contributed by atoms with Gasteiger partial charge in [0.2, 0.25) is 0 Å². The van der Waals surface area contributed by atoms with E-state index in [0.29, 0.717) is 0 Å². The quantitative estimate of drug-likeness (QED) is 0.840. The highest BCUT2D eigenvalue weighted by Crippen LogP contribution is 2.35. The van der Waals surface area contributed by atoms with Crippen molar-refractivity contribution in [2.45, 2.75) is 58.4 Å². The van der Waals surface area contributed by atoms with Gasteiger partial charge in [-0.15, -0.1) is 0 Å². The van der Waals surface area contributed by atoms with E-state index in [1.807, 2.05) is 0 Å². The summed E-state index contributed by atoms with van der Waals surface area (Å²) in [7, 11) is 0. The van der Waals surface area contributed by atoms with Crippen molar-refractivity contribution >= 4 is 0 Å². The van der Waals surface area contributed by atoms with Crippen molar-refractivity contribution in [3.8, 4) is 0 Å². The van der Waals surface area contributed by atoms with Crippen molar-refractivity contribution in [1.82, 2.24) is 5.32 Å². The van der Waals surface area contributed by atoms with E-state index in [4.69, 9.17) is 0 Å². The number of rotatable bonds is 5. The second-order valence-corrected chi connectivity index (χ2v) is 6.77. The van der Waals surface area contributed by atoms with E-state index in [1.54, 1.807) is 5.56 Å². The third-order valence-electron chi connectivity index (χ3n) is 5.05. The molecule has 0 aliphatic heterocycles. The first-order chi connectivity index (χ1) is 9.22. The van der Waals surface area contributed by atoms with Gasteiger partial charge in [0.05, 0.1) is 0 Å². The Labute approximate surface area is 117 Å². The Morgan fingerprint density at radius 3 is 2.63 bits per heavy atom. The van der Waals surface area contributed by atoms with Crippen molar-refractivity contribution in [3.63, 3.8) is 0 Å². The molecule has 0 amide bonds. The van der Waals surface area contributed by atoms with Crippen molar-refractivity contribution < 1.29 is 0 Å². The van der Waals surface area contributed by atoms with Gasteiger partial charge in [-0.25, -0.2) is 0 Å². The zero-order chi connectivity index (χ0) is 13.2. The maximum Gasteiger partial charge on any atom is 0.00683 e. The summed E-state index contributed by atoms with van der Waals surface area (Å²) < 4.78 is 0. The van der Waals surface area contributed by atoms with Crippen molar-refractivity contribution in [2.75, 3.05) is 6.54 Å². The first-order valence-corrected chi connectivity index (χ1v) is 8.02. The lowest BCUT2D eigenvalue weighted by molar-refractivity contribution is 0.363. The molecule has 1 heteroatoms. The molecule has 0 spiro atoms. The van der Waals surface area contributed by atoms with Gasteiger partial charge in [0.25, 0.3) is 0 Å². The topological polar surface area (TPSA) is 12.0 Å². The summed E-state index contributed by atoms with van der Waals surface area (Å²) in [6.07, 6.45) is 8.43. The molecule has 104 valence electrons. The molecule has 2 aliphatic rings. The molecule has 0 saturated heterocycles. The van der Waals surface area contributed by atoms with Crippen LogP contribution in [-0.2, 0) is 6.42 Å². The van der Waals surface area contributed by atoms with E-state index >= 15 is 0 Å². The van der Waals surface area contributed by atoms with Crippen LogP contribution in [0.4, 0.5) is 0 Å². The van der Waals surface area contributed by atoms with E-state index in [0.717, 1.165) is 17.9 Å². The Balaban J connectivity index is 1.61. The van der Waals surface area contributed by atoms with E-state index in [9.17, 15) is 0 Å². The van der Waals surface area contributed by atoms with Gasteiger partial charge in [0.15, 0.2) is 0 Å². The molecule has 0 radical (unpaired) electrons. The fourth-order valence-electron chi connectivity index (χ4n) is 3.56. The molecular weight excluding hydrogens is 230 g/mol. The number of hydrogen-bond acceptors (Lipinski definition) is 1. The molecular formula is C18H27N. The third kappa shape index (κ3) is 3.39. The molecule has 2 aliphatic carbocycles. The first-order valence-electron chi connectivity index (χ1n) is 8.02. The summed E-state index contributed by atoms with van der Waals surface area (Å²) in [5.41, 5.74) is 4.47. The summed E-state index contributed by atoms with van der Waals surface area (Å²) in [5, 5.41) is 3.74. The molecule has 1 nitrogen and oxygen atoms in total. The first kappa shape index (κ1) is 13.2. The lowest BCUT2D eigenvalue weighted by atomic mass is 9.87. The van der Waals surface area contributed by atoms with Crippen LogP contribution in [0.15, 0.2) is 18.2 Å². The van der Waals surface area contributed by atoms with Crippen LogP contribution in [0.2, 0.25) is 0 Å². The third-order valence-corrected chi connectivity index (χ3v) is 5.05. The highest BCUT2D eigenvalue weighted by Gasteiger charge is 2.29. The highest BCUT2D eigenvalue weighted by molar-refractivity contribution is 5.31. The van der Waals surface area contributed by atoms with Gasteiger partial charge in [-0.2, -0.15) is 0 Å². The number of hydrogen-bond donors (Lipinski definition) is 1. The van der Waals surface area contributed by atoms with Crippen LogP contribution in [0.3, 0.4) is 0 Å². The summed E-state index contributed by atoms with van der Waals surface area (Å²) in [6.45, 7) is 5.74. The standard InChI is InChI=1S/C18H27N/c1-13-6-7-14(2)17(10-13)11-15-4-3-5-16(15)12-19-18-8-9-18/h6-7,10,15-16,18-19H,3-5,8-9,11-12H2,1-2H3. The van der Waals surface area contributed by atoms with Crippen molar-refractivity contribution in [2.24, 2.45) is 11.8 Å². The molecule has 0 aromatic heterocycles. The lowest BCUT2D eigenvalue weighted by Gasteiger charge is -2.21. The molecule has 2 fully saturated rings. The fourth-order valence-corrected chi connectivity index (χ4v) is 3.56. The largest absolute Gasteiger partial charge is 0.314 e. The van der Waals surface area contributed by atoms with E-state index in [2.05, 4.69) is 37.4 Å². The van der Waals surface area contributed by atoms with Crippen LogP contribution in [-0.4, -0.2) is 12.6 Å². The average molecular weight is 257 g/mol. The van der Waals surface area contributed by atoms with E-state index < -0.39 is 0 Å². The Kier molecular flexibility index (Phi) is 3.93. The lowest BCUT2D eigenvalue weighted by Crippen LogP contribution is -2.27. The van der Waals surface area contributed by atoms with E-state index in [1.165, 1.54) is 56.2 Å². The number of nitrogens with one attached hydrogen (secondary N) is 1. The molecule has 0 heterocycles. The molecule has 1 aromatic rings.